The molecular weight excluding hydrogens is 198 g/mol. The topological polar surface area (TPSA) is 48.7 Å². The predicted octanol–water partition coefficient (Wildman–Crippen LogP) is 2.94. The fourth-order valence-electron chi connectivity index (χ4n) is 2.32. The van der Waals surface area contributed by atoms with E-state index in [4.69, 9.17) is 5.26 Å². The highest BCUT2D eigenvalue weighted by Gasteiger charge is 2.18. The molecule has 16 heavy (non-hydrogen) atoms. The smallest absolute Gasteiger partial charge is 0.126 e. The molecule has 1 aromatic rings. The molecule has 1 aliphatic rings. The van der Waals surface area contributed by atoms with Crippen molar-refractivity contribution in [1.29, 1.82) is 5.26 Å². The molecule has 1 saturated carbocycles. The van der Waals surface area contributed by atoms with Crippen LogP contribution in [0, 0.1) is 17.2 Å². The fraction of sp³-hybridized carbons (Fsp3) is 0.538. The number of pyridine rings is 1. The molecule has 1 aromatic heterocycles. The first-order valence-corrected chi connectivity index (χ1v) is 5.90. The summed E-state index contributed by atoms with van der Waals surface area (Å²) in [7, 11) is 0. The number of anilines is 1. The Labute approximate surface area is 96.5 Å². The Hall–Kier alpha value is -1.56. The Balaban J connectivity index is 1.95. The van der Waals surface area contributed by atoms with Gasteiger partial charge in [0.15, 0.2) is 0 Å². The summed E-state index contributed by atoms with van der Waals surface area (Å²) in [5, 5.41) is 12.1. The molecule has 3 nitrogen and oxygen atoms in total. The van der Waals surface area contributed by atoms with E-state index in [-0.39, 0.29) is 0 Å². The van der Waals surface area contributed by atoms with Crippen molar-refractivity contribution in [3.63, 3.8) is 0 Å². The number of aromatic nitrogens is 1. The van der Waals surface area contributed by atoms with Gasteiger partial charge in [-0.05, 0) is 30.9 Å². The van der Waals surface area contributed by atoms with Gasteiger partial charge in [-0.3, -0.25) is 0 Å². The molecule has 0 amide bonds. The van der Waals surface area contributed by atoms with Crippen molar-refractivity contribution in [1.82, 2.24) is 4.98 Å². The molecule has 0 radical (unpaired) electrons. The van der Waals surface area contributed by atoms with Gasteiger partial charge < -0.3 is 5.32 Å². The maximum Gasteiger partial charge on any atom is 0.126 e. The first kappa shape index (κ1) is 10.9. The second-order valence-corrected chi connectivity index (χ2v) is 4.66. The minimum atomic E-state index is 0.546. The highest BCUT2D eigenvalue weighted by molar-refractivity contribution is 5.39. The second kappa shape index (κ2) is 4.98. The quantitative estimate of drug-likeness (QED) is 0.825. The minimum absolute atomic E-state index is 0.546. The molecule has 0 aliphatic heterocycles. The number of nitrogens with zero attached hydrogens (tertiary/aromatic N) is 2. The Morgan fingerprint density at radius 3 is 2.94 bits per heavy atom. The number of rotatable bonds is 2. The molecule has 1 fully saturated rings. The minimum Gasteiger partial charge on any atom is -0.367 e. The summed E-state index contributed by atoms with van der Waals surface area (Å²) in [5.74, 6) is 1.70. The van der Waals surface area contributed by atoms with Crippen LogP contribution in [0.1, 0.15) is 38.2 Å². The first-order chi connectivity index (χ1) is 7.78. The lowest BCUT2D eigenvalue weighted by Gasteiger charge is -2.27. The average Bonchev–Trinajstić information content (AvgIpc) is 2.30. The van der Waals surface area contributed by atoms with Gasteiger partial charge in [0, 0.05) is 12.2 Å². The maximum absolute atomic E-state index is 8.67. The van der Waals surface area contributed by atoms with Crippen LogP contribution in [0.2, 0.25) is 0 Å². The van der Waals surface area contributed by atoms with Crippen LogP contribution in [-0.2, 0) is 0 Å². The van der Waals surface area contributed by atoms with E-state index in [1.54, 1.807) is 6.20 Å². The van der Waals surface area contributed by atoms with Gasteiger partial charge >= 0.3 is 0 Å². The summed E-state index contributed by atoms with van der Waals surface area (Å²) in [6.07, 6.45) is 6.72. The van der Waals surface area contributed by atoms with Gasteiger partial charge in [0.25, 0.3) is 0 Å². The van der Waals surface area contributed by atoms with Crippen LogP contribution in [0.15, 0.2) is 18.3 Å². The number of nitriles is 1. The number of nitrogens with one attached hydrogen (secondary N) is 1. The lowest BCUT2D eigenvalue weighted by atomic mass is 9.87. The maximum atomic E-state index is 8.67. The van der Waals surface area contributed by atoms with Crippen LogP contribution in [0.25, 0.3) is 0 Å². The summed E-state index contributed by atoms with van der Waals surface area (Å²) in [6, 6.07) is 6.31. The molecule has 2 rings (SSSR count). The summed E-state index contributed by atoms with van der Waals surface area (Å²) < 4.78 is 0. The molecule has 0 aromatic carbocycles. The average molecular weight is 215 g/mol. The Morgan fingerprint density at radius 1 is 1.44 bits per heavy atom. The van der Waals surface area contributed by atoms with Gasteiger partial charge in [-0.2, -0.15) is 5.26 Å². The summed E-state index contributed by atoms with van der Waals surface area (Å²) in [5.41, 5.74) is 0.613. The zero-order valence-electron chi connectivity index (χ0n) is 9.61. The molecule has 1 N–H and O–H groups in total. The van der Waals surface area contributed by atoms with Crippen molar-refractivity contribution in [2.24, 2.45) is 5.92 Å². The second-order valence-electron chi connectivity index (χ2n) is 4.66. The normalized spacial score (nSPS) is 24.8. The molecule has 0 spiro atoms. The van der Waals surface area contributed by atoms with Crippen molar-refractivity contribution >= 4 is 5.82 Å². The Bertz CT molecular complexity index is 377. The highest BCUT2D eigenvalue weighted by Crippen LogP contribution is 2.25. The molecule has 0 saturated heterocycles. The fourth-order valence-corrected chi connectivity index (χ4v) is 2.32. The molecule has 1 heterocycles. The third kappa shape index (κ3) is 2.73. The molecule has 0 bridgehead atoms. The molecule has 3 heteroatoms. The summed E-state index contributed by atoms with van der Waals surface area (Å²) >= 11 is 0. The monoisotopic (exact) mass is 215 g/mol. The van der Waals surface area contributed by atoms with Crippen LogP contribution in [-0.4, -0.2) is 11.0 Å². The van der Waals surface area contributed by atoms with E-state index in [2.05, 4.69) is 23.3 Å². The van der Waals surface area contributed by atoms with Crippen molar-refractivity contribution in [2.45, 2.75) is 38.6 Å². The lowest BCUT2D eigenvalue weighted by Crippen LogP contribution is -2.26. The van der Waals surface area contributed by atoms with Crippen molar-refractivity contribution in [3.05, 3.63) is 23.9 Å². The van der Waals surface area contributed by atoms with E-state index in [1.807, 2.05) is 12.1 Å². The third-order valence-electron chi connectivity index (χ3n) is 3.18. The lowest BCUT2D eigenvalue weighted by molar-refractivity contribution is 0.358. The third-order valence-corrected chi connectivity index (χ3v) is 3.18. The van der Waals surface area contributed by atoms with Crippen LogP contribution >= 0.6 is 0 Å². The first-order valence-electron chi connectivity index (χ1n) is 5.90. The van der Waals surface area contributed by atoms with E-state index < -0.39 is 0 Å². The van der Waals surface area contributed by atoms with E-state index in [0.717, 1.165) is 11.7 Å². The van der Waals surface area contributed by atoms with Gasteiger partial charge in [-0.1, -0.05) is 19.8 Å². The molecule has 2 unspecified atom stereocenters. The SMILES string of the molecule is CC1CCCC(Nc2ccc(C#N)cn2)C1. The number of hydrogen-bond acceptors (Lipinski definition) is 3. The van der Waals surface area contributed by atoms with Crippen LogP contribution < -0.4 is 5.32 Å². The van der Waals surface area contributed by atoms with Gasteiger partial charge in [-0.15, -0.1) is 0 Å². The van der Waals surface area contributed by atoms with E-state index in [9.17, 15) is 0 Å². The molecular formula is C13H17N3. The van der Waals surface area contributed by atoms with Crippen molar-refractivity contribution in [3.8, 4) is 6.07 Å². The van der Waals surface area contributed by atoms with Gasteiger partial charge in [0.05, 0.1) is 5.56 Å². The zero-order chi connectivity index (χ0) is 11.4. The van der Waals surface area contributed by atoms with Gasteiger partial charge in [0.1, 0.15) is 11.9 Å². The summed E-state index contributed by atoms with van der Waals surface area (Å²) in [6.45, 7) is 2.31. The molecule has 84 valence electrons. The Kier molecular flexibility index (Phi) is 3.40. The highest BCUT2D eigenvalue weighted by atomic mass is 15.0. The van der Waals surface area contributed by atoms with Crippen LogP contribution in [0.3, 0.4) is 0 Å². The Morgan fingerprint density at radius 2 is 2.31 bits per heavy atom. The van der Waals surface area contributed by atoms with Gasteiger partial charge in [0.2, 0.25) is 0 Å². The summed E-state index contributed by atoms with van der Waals surface area (Å²) in [4.78, 5) is 4.24. The zero-order valence-corrected chi connectivity index (χ0v) is 9.61. The van der Waals surface area contributed by atoms with Crippen molar-refractivity contribution in [2.75, 3.05) is 5.32 Å². The largest absolute Gasteiger partial charge is 0.367 e. The van der Waals surface area contributed by atoms with E-state index in [0.29, 0.717) is 11.6 Å². The van der Waals surface area contributed by atoms with Crippen LogP contribution in [0.5, 0.6) is 0 Å². The van der Waals surface area contributed by atoms with Crippen molar-refractivity contribution < 1.29 is 0 Å². The van der Waals surface area contributed by atoms with Crippen LogP contribution in [0.4, 0.5) is 5.82 Å². The van der Waals surface area contributed by atoms with Gasteiger partial charge in [-0.25, -0.2) is 4.98 Å². The predicted molar refractivity (Wildman–Crippen MR) is 64.0 cm³/mol. The van der Waals surface area contributed by atoms with E-state index in [1.165, 1.54) is 25.7 Å². The molecule has 2 atom stereocenters. The molecule has 1 aliphatic carbocycles. The van der Waals surface area contributed by atoms with E-state index >= 15 is 0 Å². The number of hydrogen-bond donors (Lipinski definition) is 1. The standard InChI is InChI=1S/C13H17N3/c1-10-3-2-4-12(7-10)16-13-6-5-11(8-14)9-15-13/h5-6,9-10,12H,2-4,7H2,1H3,(H,15,16).